The van der Waals surface area contributed by atoms with Gasteiger partial charge < -0.3 is 14.4 Å². The quantitative estimate of drug-likeness (QED) is 0.296. The minimum Gasteiger partial charge on any atom is -0.493 e. The molecule has 1 heterocycles. The van der Waals surface area contributed by atoms with Gasteiger partial charge in [0.1, 0.15) is 6.61 Å². The van der Waals surface area contributed by atoms with E-state index in [1.54, 1.807) is 7.11 Å². The van der Waals surface area contributed by atoms with E-state index in [9.17, 15) is 9.59 Å². The molecule has 0 spiro atoms. The molecular weight excluding hydrogens is 669 g/mol. The maximum Gasteiger partial charge on any atom is 0.174 e. The third-order valence-corrected chi connectivity index (χ3v) is 9.67. The number of ketones is 2. The normalized spacial score (nSPS) is 20.7. The Balaban J connectivity index is 1.63. The summed E-state index contributed by atoms with van der Waals surface area (Å²) in [6, 6.07) is 12.0. The zero-order chi connectivity index (χ0) is 28.3. The number of methoxy groups -OCH3 is 1. The number of carbonyl (C=O) groups excluding carboxylic acids is 2. The summed E-state index contributed by atoms with van der Waals surface area (Å²) < 4.78 is 14.0. The fourth-order valence-corrected chi connectivity index (χ4v) is 7.49. The molecule has 0 radical (unpaired) electrons. The van der Waals surface area contributed by atoms with Crippen LogP contribution in [0, 0.1) is 14.4 Å². The van der Waals surface area contributed by atoms with Gasteiger partial charge in [0.05, 0.1) is 10.7 Å². The lowest BCUT2D eigenvalue weighted by Crippen LogP contribution is -2.43. The van der Waals surface area contributed by atoms with Crippen molar-refractivity contribution in [2.45, 2.75) is 65.9 Å². The lowest BCUT2D eigenvalue weighted by molar-refractivity contribution is -0.119. The smallest absolute Gasteiger partial charge is 0.174 e. The zero-order valence-corrected chi connectivity index (χ0v) is 27.2. The third-order valence-electron chi connectivity index (χ3n) is 8.09. The summed E-state index contributed by atoms with van der Waals surface area (Å²) >= 11 is 5.87. The molecule has 0 saturated carbocycles. The molecule has 0 fully saturated rings. The standard InChI is InChI=1S/C32H35BrINO4/c1-31(2)13-22-28(24(36)15-31)27(29-23(35(22)5)14-32(3,4)16-25(29)37)19-11-21(34)30(26(12-19)38-6)39-17-18-9-7-8-10-20(18)33/h7-12,27H,13-17H2,1-6H3. The number of ether oxygens (including phenoxy) is 2. The van der Waals surface area contributed by atoms with Crippen molar-refractivity contribution in [2.75, 3.05) is 14.2 Å². The van der Waals surface area contributed by atoms with Crippen LogP contribution in [0.4, 0.5) is 0 Å². The molecule has 0 amide bonds. The van der Waals surface area contributed by atoms with Gasteiger partial charge in [0.15, 0.2) is 23.1 Å². The van der Waals surface area contributed by atoms with Crippen molar-refractivity contribution in [2.24, 2.45) is 10.8 Å². The van der Waals surface area contributed by atoms with E-state index in [0.717, 1.165) is 54.6 Å². The second kappa shape index (κ2) is 10.4. The van der Waals surface area contributed by atoms with Crippen LogP contribution < -0.4 is 9.47 Å². The van der Waals surface area contributed by atoms with Crippen molar-refractivity contribution in [1.82, 2.24) is 4.90 Å². The zero-order valence-electron chi connectivity index (χ0n) is 23.4. The number of carbonyl (C=O) groups is 2. The molecule has 206 valence electrons. The van der Waals surface area contributed by atoms with Gasteiger partial charge in [0.2, 0.25) is 0 Å². The molecule has 5 rings (SSSR count). The molecule has 0 bridgehead atoms. The molecule has 7 heteroatoms. The van der Waals surface area contributed by atoms with E-state index < -0.39 is 5.92 Å². The number of allylic oxidation sites excluding steroid dienone is 4. The summed E-state index contributed by atoms with van der Waals surface area (Å²) in [6.45, 7) is 9.00. The number of hydrogen-bond acceptors (Lipinski definition) is 5. The predicted molar refractivity (Wildman–Crippen MR) is 165 cm³/mol. The maximum absolute atomic E-state index is 13.8. The van der Waals surface area contributed by atoms with E-state index in [2.05, 4.69) is 77.2 Å². The second-order valence-electron chi connectivity index (χ2n) is 12.5. The van der Waals surface area contributed by atoms with Crippen molar-refractivity contribution in [3.8, 4) is 11.5 Å². The molecule has 2 aliphatic carbocycles. The number of nitrogens with zero attached hydrogens (tertiary/aromatic N) is 1. The van der Waals surface area contributed by atoms with Gasteiger partial charge in [0, 0.05) is 58.4 Å². The van der Waals surface area contributed by atoms with Gasteiger partial charge in [-0.3, -0.25) is 9.59 Å². The van der Waals surface area contributed by atoms with Crippen molar-refractivity contribution in [3.05, 3.63) is 78.1 Å². The van der Waals surface area contributed by atoms with Crippen LogP contribution in [0.3, 0.4) is 0 Å². The third kappa shape index (κ3) is 5.33. The highest BCUT2D eigenvalue weighted by atomic mass is 127. The molecule has 3 aliphatic rings. The molecule has 39 heavy (non-hydrogen) atoms. The van der Waals surface area contributed by atoms with Crippen molar-refractivity contribution in [3.63, 3.8) is 0 Å². The first-order valence-corrected chi connectivity index (χ1v) is 15.2. The number of rotatable bonds is 5. The van der Waals surface area contributed by atoms with Crippen molar-refractivity contribution in [1.29, 1.82) is 0 Å². The van der Waals surface area contributed by atoms with Crippen LogP contribution in [0.2, 0.25) is 0 Å². The molecular formula is C32H35BrINO4. The second-order valence-corrected chi connectivity index (χ2v) is 14.5. The predicted octanol–water partition coefficient (Wildman–Crippen LogP) is 7.96. The van der Waals surface area contributed by atoms with E-state index >= 15 is 0 Å². The average Bonchev–Trinajstić information content (AvgIpc) is 2.84. The Labute approximate surface area is 253 Å². The SMILES string of the molecule is COc1cc(C2C3=C(CC(C)(C)CC3=O)N(C)C3=C2C(=O)CC(C)(C)C3)cc(I)c1OCc1ccccc1Br. The van der Waals surface area contributed by atoms with E-state index in [1.807, 2.05) is 37.4 Å². The van der Waals surface area contributed by atoms with Crippen LogP contribution in [-0.4, -0.2) is 30.6 Å². The number of halogens is 2. The molecule has 5 nitrogen and oxygen atoms in total. The number of hydrogen-bond donors (Lipinski definition) is 0. The highest BCUT2D eigenvalue weighted by Crippen LogP contribution is 2.54. The summed E-state index contributed by atoms with van der Waals surface area (Å²) in [7, 11) is 3.67. The van der Waals surface area contributed by atoms with Gasteiger partial charge in [-0.1, -0.05) is 61.8 Å². The minimum atomic E-state index is -0.405. The highest BCUT2D eigenvalue weighted by Gasteiger charge is 2.48. The fraction of sp³-hybridized carbons (Fsp3) is 0.438. The maximum atomic E-state index is 13.8. The molecule has 1 aliphatic heterocycles. The molecule has 0 saturated heterocycles. The Kier molecular flexibility index (Phi) is 7.55. The van der Waals surface area contributed by atoms with E-state index in [0.29, 0.717) is 30.9 Å². The largest absolute Gasteiger partial charge is 0.493 e. The first-order chi connectivity index (χ1) is 18.3. The van der Waals surface area contributed by atoms with Crippen molar-refractivity contribution >= 4 is 50.1 Å². The Hall–Kier alpha value is -2.13. The van der Waals surface area contributed by atoms with Crippen LogP contribution in [0.15, 0.2) is 63.4 Å². The summed E-state index contributed by atoms with van der Waals surface area (Å²) in [4.78, 5) is 29.8. The summed E-state index contributed by atoms with van der Waals surface area (Å²) in [5, 5.41) is 0. The monoisotopic (exact) mass is 703 g/mol. The van der Waals surface area contributed by atoms with Crippen LogP contribution in [-0.2, 0) is 16.2 Å². The lowest BCUT2D eigenvalue weighted by Gasteiger charge is -2.48. The topological polar surface area (TPSA) is 55.8 Å². The van der Waals surface area contributed by atoms with Crippen molar-refractivity contribution < 1.29 is 19.1 Å². The first kappa shape index (κ1) is 28.4. The molecule has 0 N–H and O–H groups in total. The molecule has 2 aromatic carbocycles. The Morgan fingerprint density at radius 1 is 0.949 bits per heavy atom. The number of Topliss-reactive ketones (excluding diaryl/α,β-unsaturated/α-hetero) is 2. The molecule has 0 aromatic heterocycles. The highest BCUT2D eigenvalue weighted by molar-refractivity contribution is 14.1. The summed E-state index contributed by atoms with van der Waals surface area (Å²) in [6.07, 6.45) is 2.54. The van der Waals surface area contributed by atoms with Crippen LogP contribution in [0.5, 0.6) is 11.5 Å². The molecule has 0 atom stereocenters. The van der Waals surface area contributed by atoms with Gasteiger partial charge >= 0.3 is 0 Å². The van der Waals surface area contributed by atoms with Gasteiger partial charge in [-0.15, -0.1) is 0 Å². The van der Waals surface area contributed by atoms with Gasteiger partial charge in [-0.05, 0) is 70.0 Å². The van der Waals surface area contributed by atoms with Gasteiger partial charge in [0.25, 0.3) is 0 Å². The first-order valence-electron chi connectivity index (χ1n) is 13.3. The fourth-order valence-electron chi connectivity index (χ4n) is 6.31. The molecule has 0 unspecified atom stereocenters. The molecule has 2 aromatic rings. The van der Waals surface area contributed by atoms with E-state index in [-0.39, 0.29) is 22.4 Å². The van der Waals surface area contributed by atoms with Crippen LogP contribution in [0.25, 0.3) is 0 Å². The van der Waals surface area contributed by atoms with Crippen LogP contribution in [0.1, 0.15) is 70.4 Å². The number of benzene rings is 2. The Morgan fingerprint density at radius 3 is 2.05 bits per heavy atom. The van der Waals surface area contributed by atoms with E-state index in [4.69, 9.17) is 9.47 Å². The van der Waals surface area contributed by atoms with Crippen LogP contribution >= 0.6 is 38.5 Å². The van der Waals surface area contributed by atoms with Gasteiger partial charge in [-0.2, -0.15) is 0 Å². The Morgan fingerprint density at radius 2 is 1.51 bits per heavy atom. The van der Waals surface area contributed by atoms with E-state index in [1.165, 1.54) is 0 Å². The lowest BCUT2D eigenvalue weighted by atomic mass is 9.64. The minimum absolute atomic E-state index is 0.128. The summed E-state index contributed by atoms with van der Waals surface area (Å²) in [5.74, 6) is 1.11. The van der Waals surface area contributed by atoms with Gasteiger partial charge in [-0.25, -0.2) is 0 Å². The Bertz CT molecular complexity index is 1380. The summed E-state index contributed by atoms with van der Waals surface area (Å²) in [5.41, 5.74) is 5.31. The average molecular weight is 704 g/mol.